The van der Waals surface area contributed by atoms with Gasteiger partial charge in [0.05, 0.1) is 12.8 Å². The molecule has 1 aliphatic heterocycles. The maximum atomic E-state index is 11.9. The average molecular weight is 276 g/mol. The van der Waals surface area contributed by atoms with Crippen LogP contribution in [0.3, 0.4) is 0 Å². The molecule has 5 nitrogen and oxygen atoms in total. The van der Waals surface area contributed by atoms with Crippen LogP contribution >= 0.6 is 0 Å². The lowest BCUT2D eigenvalue weighted by atomic mass is 10.0. The number of rotatable bonds is 6. The fourth-order valence-electron chi connectivity index (χ4n) is 1.99. The normalized spacial score (nSPS) is 17.3. The number of nitrogens with one attached hydrogen (secondary N) is 1. The second-order valence-electron chi connectivity index (χ2n) is 4.71. The Bertz CT molecular complexity index is 500. The van der Waals surface area contributed by atoms with Gasteiger partial charge >= 0.3 is 0 Å². The van der Waals surface area contributed by atoms with Crippen molar-refractivity contribution in [2.24, 2.45) is 5.16 Å². The van der Waals surface area contributed by atoms with Crippen LogP contribution in [0.25, 0.3) is 0 Å². The second-order valence-corrected chi connectivity index (χ2v) is 4.71. The molecule has 1 atom stereocenters. The van der Waals surface area contributed by atoms with E-state index in [1.54, 1.807) is 7.11 Å². The molecule has 5 heteroatoms. The first kappa shape index (κ1) is 14.4. The van der Waals surface area contributed by atoms with E-state index in [9.17, 15) is 4.79 Å². The molecule has 1 amide bonds. The third-order valence-corrected chi connectivity index (χ3v) is 3.19. The first-order valence-electron chi connectivity index (χ1n) is 6.89. The zero-order valence-corrected chi connectivity index (χ0v) is 11.9. The Morgan fingerprint density at radius 3 is 3.15 bits per heavy atom. The standard InChI is InChI=1S/C15H20N2O3/c1-3-4-8-16-15(18)14-10-13(17-20-14)11-6-5-7-12(9-11)19-2/h5-7,9,14H,3-4,8,10H2,1-2H3,(H,16,18)/t14-/m1/s1. The summed E-state index contributed by atoms with van der Waals surface area (Å²) in [4.78, 5) is 17.1. The summed E-state index contributed by atoms with van der Waals surface area (Å²) in [6.45, 7) is 2.77. The Morgan fingerprint density at radius 1 is 1.55 bits per heavy atom. The van der Waals surface area contributed by atoms with Gasteiger partial charge in [-0.3, -0.25) is 4.79 Å². The topological polar surface area (TPSA) is 59.9 Å². The van der Waals surface area contributed by atoms with Gasteiger partial charge in [0.25, 0.3) is 5.91 Å². The van der Waals surface area contributed by atoms with Crippen LogP contribution < -0.4 is 10.1 Å². The summed E-state index contributed by atoms with van der Waals surface area (Å²) >= 11 is 0. The van der Waals surface area contributed by atoms with E-state index in [1.807, 2.05) is 24.3 Å². The van der Waals surface area contributed by atoms with Crippen molar-refractivity contribution in [3.05, 3.63) is 29.8 Å². The molecule has 0 spiro atoms. The molecule has 1 aromatic rings. The number of oxime groups is 1. The molecule has 1 aliphatic rings. The first-order valence-corrected chi connectivity index (χ1v) is 6.89. The largest absolute Gasteiger partial charge is 0.497 e. The molecule has 0 bridgehead atoms. The van der Waals surface area contributed by atoms with Gasteiger partial charge in [0.1, 0.15) is 5.75 Å². The number of unbranched alkanes of at least 4 members (excludes halogenated alkanes) is 1. The Morgan fingerprint density at radius 2 is 2.40 bits per heavy atom. The number of hydrogen-bond donors (Lipinski definition) is 1. The fourth-order valence-corrected chi connectivity index (χ4v) is 1.99. The number of methoxy groups -OCH3 is 1. The first-order chi connectivity index (χ1) is 9.74. The molecule has 1 N–H and O–H groups in total. The number of amides is 1. The van der Waals surface area contributed by atoms with E-state index in [0.29, 0.717) is 13.0 Å². The quantitative estimate of drug-likeness (QED) is 0.809. The Labute approximate surface area is 118 Å². The molecule has 2 rings (SSSR count). The second kappa shape index (κ2) is 6.93. The maximum absolute atomic E-state index is 11.9. The zero-order chi connectivity index (χ0) is 14.4. The summed E-state index contributed by atoms with van der Waals surface area (Å²) < 4.78 is 5.18. The van der Waals surface area contributed by atoms with Crippen molar-refractivity contribution in [3.8, 4) is 5.75 Å². The molecular weight excluding hydrogens is 256 g/mol. The van der Waals surface area contributed by atoms with E-state index in [2.05, 4.69) is 17.4 Å². The molecule has 0 aromatic heterocycles. The molecule has 0 saturated carbocycles. The minimum Gasteiger partial charge on any atom is -0.497 e. The molecule has 0 aliphatic carbocycles. The van der Waals surface area contributed by atoms with E-state index in [1.165, 1.54) is 0 Å². The number of benzene rings is 1. The summed E-state index contributed by atoms with van der Waals surface area (Å²) in [6.07, 6.45) is 2.00. The summed E-state index contributed by atoms with van der Waals surface area (Å²) in [6, 6.07) is 7.59. The van der Waals surface area contributed by atoms with Gasteiger partial charge in [-0.1, -0.05) is 30.6 Å². The lowest BCUT2D eigenvalue weighted by molar-refractivity contribution is -0.131. The van der Waals surface area contributed by atoms with Crippen LogP contribution in [0, 0.1) is 0 Å². The van der Waals surface area contributed by atoms with Crippen molar-refractivity contribution >= 4 is 11.6 Å². The Kier molecular flexibility index (Phi) is 4.98. The number of hydrogen-bond acceptors (Lipinski definition) is 4. The summed E-state index contributed by atoms with van der Waals surface area (Å²) in [5, 5.41) is 6.87. The number of carbonyl (C=O) groups excluding carboxylic acids is 1. The van der Waals surface area contributed by atoms with Crippen molar-refractivity contribution < 1.29 is 14.4 Å². The zero-order valence-electron chi connectivity index (χ0n) is 11.9. The Hall–Kier alpha value is -2.04. The predicted molar refractivity (Wildman–Crippen MR) is 76.9 cm³/mol. The van der Waals surface area contributed by atoms with Crippen molar-refractivity contribution in [2.45, 2.75) is 32.3 Å². The van der Waals surface area contributed by atoms with Crippen LogP contribution in [0.5, 0.6) is 5.75 Å². The molecule has 108 valence electrons. The number of ether oxygens (including phenoxy) is 1. The van der Waals surface area contributed by atoms with Crippen LogP contribution in [0.2, 0.25) is 0 Å². The van der Waals surface area contributed by atoms with Crippen LogP contribution in [0.4, 0.5) is 0 Å². The van der Waals surface area contributed by atoms with Crippen molar-refractivity contribution in [3.63, 3.8) is 0 Å². The molecule has 1 heterocycles. The van der Waals surface area contributed by atoms with E-state index in [0.717, 1.165) is 29.9 Å². The van der Waals surface area contributed by atoms with Gasteiger partial charge in [0.2, 0.25) is 6.10 Å². The molecule has 1 aromatic carbocycles. The van der Waals surface area contributed by atoms with E-state index >= 15 is 0 Å². The summed E-state index contributed by atoms with van der Waals surface area (Å²) in [5.41, 5.74) is 1.70. The van der Waals surface area contributed by atoms with Crippen molar-refractivity contribution in [1.82, 2.24) is 5.32 Å². The highest BCUT2D eigenvalue weighted by molar-refractivity contribution is 6.04. The molecule has 0 radical (unpaired) electrons. The minimum absolute atomic E-state index is 0.0971. The number of nitrogens with zero attached hydrogens (tertiary/aromatic N) is 1. The molecule has 0 unspecified atom stereocenters. The fraction of sp³-hybridized carbons (Fsp3) is 0.467. The van der Waals surface area contributed by atoms with Crippen LogP contribution in [-0.2, 0) is 9.63 Å². The van der Waals surface area contributed by atoms with E-state index in [-0.39, 0.29) is 5.91 Å². The third-order valence-electron chi connectivity index (χ3n) is 3.19. The van der Waals surface area contributed by atoms with Gasteiger partial charge in [-0.25, -0.2) is 0 Å². The monoisotopic (exact) mass is 276 g/mol. The maximum Gasteiger partial charge on any atom is 0.264 e. The summed E-state index contributed by atoms with van der Waals surface area (Å²) in [5.74, 6) is 0.668. The average Bonchev–Trinajstić information content (AvgIpc) is 2.97. The Balaban J connectivity index is 1.92. The van der Waals surface area contributed by atoms with Crippen LogP contribution in [0.15, 0.2) is 29.4 Å². The lowest BCUT2D eigenvalue weighted by Gasteiger charge is -2.08. The van der Waals surface area contributed by atoms with Gasteiger partial charge < -0.3 is 14.9 Å². The van der Waals surface area contributed by atoms with Crippen LogP contribution in [0.1, 0.15) is 31.7 Å². The minimum atomic E-state index is -0.520. The van der Waals surface area contributed by atoms with Gasteiger partial charge in [-0.2, -0.15) is 0 Å². The molecule has 0 fully saturated rings. The van der Waals surface area contributed by atoms with E-state index in [4.69, 9.17) is 9.57 Å². The third kappa shape index (κ3) is 3.50. The van der Waals surface area contributed by atoms with Gasteiger partial charge in [-0.05, 0) is 18.6 Å². The highest BCUT2D eigenvalue weighted by Gasteiger charge is 2.28. The predicted octanol–water partition coefficient (Wildman–Crippen LogP) is 2.10. The van der Waals surface area contributed by atoms with Crippen molar-refractivity contribution in [2.75, 3.05) is 13.7 Å². The lowest BCUT2D eigenvalue weighted by Crippen LogP contribution is -2.35. The highest BCUT2D eigenvalue weighted by Crippen LogP contribution is 2.20. The SMILES string of the molecule is CCCCNC(=O)[C@H]1CC(c2cccc(OC)c2)=NO1. The smallest absolute Gasteiger partial charge is 0.264 e. The molecular formula is C15H20N2O3. The van der Waals surface area contributed by atoms with Crippen LogP contribution in [-0.4, -0.2) is 31.4 Å². The highest BCUT2D eigenvalue weighted by atomic mass is 16.6. The van der Waals surface area contributed by atoms with Gasteiger partial charge in [-0.15, -0.1) is 0 Å². The number of carbonyl (C=O) groups is 1. The van der Waals surface area contributed by atoms with Gasteiger partial charge in [0, 0.05) is 18.5 Å². The summed E-state index contributed by atoms with van der Waals surface area (Å²) in [7, 11) is 1.62. The molecule has 0 saturated heterocycles. The van der Waals surface area contributed by atoms with Crippen molar-refractivity contribution in [1.29, 1.82) is 0 Å². The molecule has 20 heavy (non-hydrogen) atoms. The van der Waals surface area contributed by atoms with E-state index < -0.39 is 6.10 Å². The van der Waals surface area contributed by atoms with Gasteiger partial charge in [0.15, 0.2) is 0 Å².